The summed E-state index contributed by atoms with van der Waals surface area (Å²) < 4.78 is 0. The molecule has 0 bridgehead atoms. The van der Waals surface area contributed by atoms with Crippen LogP contribution in [-0.4, -0.2) is 23.8 Å². The summed E-state index contributed by atoms with van der Waals surface area (Å²) in [5.41, 5.74) is 7.31. The molecule has 1 aromatic rings. The van der Waals surface area contributed by atoms with Crippen LogP contribution in [0.15, 0.2) is 18.2 Å². The first-order valence-electron chi connectivity index (χ1n) is 5.29. The van der Waals surface area contributed by atoms with Crippen LogP contribution in [0.25, 0.3) is 0 Å². The molecule has 1 heterocycles. The predicted octanol–water partition coefficient (Wildman–Crippen LogP) is 1.10. The Kier molecular flexibility index (Phi) is 2.49. The molecule has 2 rings (SSSR count). The summed E-state index contributed by atoms with van der Waals surface area (Å²) in [6.07, 6.45) is 0.725. The standard InChI is InChI=1S/C12H15N3O/c1-12(16)4-5-15(8-12)11-6-9(7-13)2-3-10(11)14/h2-3,6,16H,4-5,8,14H2,1H3. The first-order chi connectivity index (χ1) is 7.52. The topological polar surface area (TPSA) is 73.3 Å². The summed E-state index contributed by atoms with van der Waals surface area (Å²) in [6.45, 7) is 3.15. The third-order valence-corrected chi connectivity index (χ3v) is 2.95. The van der Waals surface area contributed by atoms with Crippen LogP contribution in [0.4, 0.5) is 11.4 Å². The minimum atomic E-state index is -0.658. The Bertz CT molecular complexity index is 448. The number of hydrogen-bond donors (Lipinski definition) is 2. The smallest absolute Gasteiger partial charge is 0.0992 e. The number of nitriles is 1. The third kappa shape index (κ3) is 1.95. The van der Waals surface area contributed by atoms with Crippen molar-refractivity contribution in [2.75, 3.05) is 23.7 Å². The van der Waals surface area contributed by atoms with Gasteiger partial charge in [0.1, 0.15) is 0 Å². The Morgan fingerprint density at radius 2 is 2.31 bits per heavy atom. The van der Waals surface area contributed by atoms with Gasteiger partial charge in [-0.3, -0.25) is 0 Å². The van der Waals surface area contributed by atoms with Gasteiger partial charge in [0.05, 0.1) is 28.6 Å². The molecule has 1 unspecified atom stereocenters. The van der Waals surface area contributed by atoms with Crippen LogP contribution < -0.4 is 10.6 Å². The molecular weight excluding hydrogens is 202 g/mol. The number of nitrogens with two attached hydrogens (primary N) is 1. The number of nitrogen functional groups attached to an aromatic ring is 1. The lowest BCUT2D eigenvalue weighted by molar-refractivity contribution is 0.0839. The van der Waals surface area contributed by atoms with Crippen molar-refractivity contribution in [1.29, 1.82) is 5.26 Å². The Hall–Kier alpha value is -1.73. The molecule has 0 aromatic heterocycles. The van der Waals surface area contributed by atoms with E-state index in [4.69, 9.17) is 11.0 Å². The average molecular weight is 217 g/mol. The highest BCUT2D eigenvalue weighted by Crippen LogP contribution is 2.31. The number of anilines is 2. The van der Waals surface area contributed by atoms with E-state index in [1.165, 1.54) is 0 Å². The largest absolute Gasteiger partial charge is 0.397 e. The van der Waals surface area contributed by atoms with Crippen molar-refractivity contribution in [3.05, 3.63) is 23.8 Å². The molecule has 3 N–H and O–H groups in total. The molecular formula is C12H15N3O. The highest BCUT2D eigenvalue weighted by Gasteiger charge is 2.32. The molecule has 1 aromatic carbocycles. The second-order valence-electron chi connectivity index (χ2n) is 4.55. The van der Waals surface area contributed by atoms with Crippen molar-refractivity contribution >= 4 is 11.4 Å². The summed E-state index contributed by atoms with van der Waals surface area (Å²) in [4.78, 5) is 2.02. The van der Waals surface area contributed by atoms with E-state index >= 15 is 0 Å². The van der Waals surface area contributed by atoms with Crippen LogP contribution >= 0.6 is 0 Å². The normalized spacial score (nSPS) is 24.4. The van der Waals surface area contributed by atoms with Crippen LogP contribution in [0.3, 0.4) is 0 Å². The Labute approximate surface area is 94.9 Å². The quantitative estimate of drug-likeness (QED) is 0.691. The van der Waals surface area contributed by atoms with Gasteiger partial charge in [0, 0.05) is 13.1 Å². The fourth-order valence-electron chi connectivity index (χ4n) is 2.04. The third-order valence-electron chi connectivity index (χ3n) is 2.95. The molecule has 16 heavy (non-hydrogen) atoms. The molecule has 1 aliphatic heterocycles. The molecule has 4 heteroatoms. The number of hydrogen-bond acceptors (Lipinski definition) is 4. The Morgan fingerprint density at radius 1 is 1.56 bits per heavy atom. The Morgan fingerprint density at radius 3 is 2.88 bits per heavy atom. The van der Waals surface area contributed by atoms with Gasteiger partial charge in [-0.15, -0.1) is 0 Å². The van der Waals surface area contributed by atoms with Gasteiger partial charge in [-0.1, -0.05) is 0 Å². The van der Waals surface area contributed by atoms with E-state index in [0.717, 1.165) is 18.7 Å². The summed E-state index contributed by atoms with van der Waals surface area (Å²) in [5, 5.41) is 18.7. The average Bonchev–Trinajstić information content (AvgIpc) is 2.59. The number of nitrogens with zero attached hydrogens (tertiary/aromatic N) is 2. The molecule has 0 amide bonds. The van der Waals surface area contributed by atoms with Crippen molar-refractivity contribution < 1.29 is 5.11 Å². The summed E-state index contributed by atoms with van der Waals surface area (Å²) in [6, 6.07) is 7.31. The first kappa shape index (κ1) is 10.8. The van der Waals surface area contributed by atoms with Gasteiger partial charge in [-0.2, -0.15) is 5.26 Å². The predicted molar refractivity (Wildman–Crippen MR) is 63.0 cm³/mol. The van der Waals surface area contributed by atoms with E-state index in [1.807, 2.05) is 11.8 Å². The molecule has 84 valence electrons. The van der Waals surface area contributed by atoms with Crippen molar-refractivity contribution in [3.8, 4) is 6.07 Å². The second kappa shape index (κ2) is 3.69. The SMILES string of the molecule is CC1(O)CCN(c2cc(C#N)ccc2N)C1. The molecule has 0 spiro atoms. The van der Waals surface area contributed by atoms with Crippen molar-refractivity contribution in [3.63, 3.8) is 0 Å². The maximum atomic E-state index is 9.90. The number of β-amino-alcohol motifs (C(OH)–C–C–N with tert-alkyl or cyclic N) is 1. The van der Waals surface area contributed by atoms with Crippen molar-refractivity contribution in [1.82, 2.24) is 0 Å². The lowest BCUT2D eigenvalue weighted by atomic mass is 10.1. The van der Waals surface area contributed by atoms with Gasteiger partial charge in [-0.05, 0) is 31.5 Å². The van der Waals surface area contributed by atoms with E-state index < -0.39 is 5.60 Å². The summed E-state index contributed by atoms with van der Waals surface area (Å²) in [5.74, 6) is 0. The maximum absolute atomic E-state index is 9.90. The second-order valence-corrected chi connectivity index (χ2v) is 4.55. The van der Waals surface area contributed by atoms with Crippen LogP contribution in [0.1, 0.15) is 18.9 Å². The van der Waals surface area contributed by atoms with Crippen molar-refractivity contribution in [2.24, 2.45) is 0 Å². The van der Waals surface area contributed by atoms with Gasteiger partial charge in [0.25, 0.3) is 0 Å². The van der Waals surface area contributed by atoms with Gasteiger partial charge in [-0.25, -0.2) is 0 Å². The van der Waals surface area contributed by atoms with Crippen molar-refractivity contribution in [2.45, 2.75) is 18.9 Å². The molecule has 0 radical (unpaired) electrons. The summed E-state index contributed by atoms with van der Waals surface area (Å²) >= 11 is 0. The molecule has 1 atom stereocenters. The zero-order valence-corrected chi connectivity index (χ0v) is 9.27. The highest BCUT2D eigenvalue weighted by molar-refractivity contribution is 5.70. The number of benzene rings is 1. The monoisotopic (exact) mass is 217 g/mol. The van der Waals surface area contributed by atoms with E-state index in [1.54, 1.807) is 18.2 Å². The number of aliphatic hydroxyl groups is 1. The lowest BCUT2D eigenvalue weighted by Gasteiger charge is -2.22. The maximum Gasteiger partial charge on any atom is 0.0992 e. The first-order valence-corrected chi connectivity index (χ1v) is 5.29. The zero-order valence-electron chi connectivity index (χ0n) is 9.27. The zero-order chi connectivity index (χ0) is 11.8. The number of rotatable bonds is 1. The van der Waals surface area contributed by atoms with Crippen LogP contribution in [0.5, 0.6) is 0 Å². The molecule has 0 saturated carbocycles. The van der Waals surface area contributed by atoms with Gasteiger partial charge in [0.15, 0.2) is 0 Å². The van der Waals surface area contributed by atoms with Crippen LogP contribution in [0.2, 0.25) is 0 Å². The molecule has 0 aliphatic carbocycles. The van der Waals surface area contributed by atoms with E-state index in [9.17, 15) is 5.11 Å². The molecule has 1 saturated heterocycles. The van der Waals surface area contributed by atoms with E-state index in [2.05, 4.69) is 6.07 Å². The van der Waals surface area contributed by atoms with E-state index in [0.29, 0.717) is 17.8 Å². The Balaban J connectivity index is 2.31. The lowest BCUT2D eigenvalue weighted by Crippen LogP contribution is -2.29. The minimum absolute atomic E-state index is 0.562. The van der Waals surface area contributed by atoms with E-state index in [-0.39, 0.29) is 0 Å². The molecule has 1 fully saturated rings. The van der Waals surface area contributed by atoms with Crippen LogP contribution in [0, 0.1) is 11.3 Å². The van der Waals surface area contributed by atoms with Gasteiger partial charge in [0.2, 0.25) is 0 Å². The summed E-state index contributed by atoms with van der Waals surface area (Å²) in [7, 11) is 0. The highest BCUT2D eigenvalue weighted by atomic mass is 16.3. The fourth-order valence-corrected chi connectivity index (χ4v) is 2.04. The van der Waals surface area contributed by atoms with Gasteiger partial charge >= 0.3 is 0 Å². The molecule has 4 nitrogen and oxygen atoms in total. The minimum Gasteiger partial charge on any atom is -0.397 e. The van der Waals surface area contributed by atoms with Gasteiger partial charge < -0.3 is 15.7 Å². The van der Waals surface area contributed by atoms with Crippen LogP contribution in [-0.2, 0) is 0 Å². The fraction of sp³-hybridized carbons (Fsp3) is 0.417. The molecule has 1 aliphatic rings.